The predicted molar refractivity (Wildman–Crippen MR) is 163 cm³/mol. The average molecular weight is 548 g/mol. The van der Waals surface area contributed by atoms with Crippen LogP contribution in [0.5, 0.6) is 0 Å². The first kappa shape index (κ1) is 31.8. The number of carbonyl (C=O) groups excluding carboxylic acids is 2. The van der Waals surface area contributed by atoms with Crippen molar-refractivity contribution in [1.82, 2.24) is 10.3 Å². The quantitative estimate of drug-likeness (QED) is 0.0904. The third-order valence-corrected chi connectivity index (χ3v) is 13.1. The summed E-state index contributed by atoms with van der Waals surface area (Å²) < 4.78 is 5.65. The van der Waals surface area contributed by atoms with E-state index >= 15 is 0 Å². The van der Waals surface area contributed by atoms with Crippen molar-refractivity contribution in [3.8, 4) is 11.6 Å². The molecule has 1 atom stereocenters. The van der Waals surface area contributed by atoms with Crippen molar-refractivity contribution in [2.24, 2.45) is 5.10 Å². The third-order valence-electron chi connectivity index (χ3n) is 6.83. The highest BCUT2D eigenvalue weighted by Gasteiger charge is 2.42. The average Bonchev–Trinajstić information content (AvgIpc) is 2.85. The minimum Gasteiger partial charge on any atom is -0.458 e. The van der Waals surface area contributed by atoms with E-state index in [1.807, 2.05) is 81.4 Å². The normalized spacial score (nSPS) is 12.8. The summed E-state index contributed by atoms with van der Waals surface area (Å²) >= 11 is 0. The predicted octanol–water partition coefficient (Wildman–Crippen LogP) is 7.16. The summed E-state index contributed by atoms with van der Waals surface area (Å²) in [5, 5.41) is 8.46. The molecule has 2 aromatic rings. The van der Waals surface area contributed by atoms with Gasteiger partial charge in [-0.3, -0.25) is 0 Å². The van der Waals surface area contributed by atoms with E-state index in [4.69, 9.17) is 4.74 Å². The smallest absolute Gasteiger partial charge is 0.350 e. The van der Waals surface area contributed by atoms with Crippen LogP contribution in [0.2, 0.25) is 16.6 Å². The molecule has 0 aliphatic carbocycles. The molecule has 0 saturated heterocycles. The van der Waals surface area contributed by atoms with Crippen LogP contribution in [0.4, 0.5) is 4.79 Å². The van der Waals surface area contributed by atoms with Crippen molar-refractivity contribution in [1.29, 1.82) is 0 Å². The molecule has 0 aliphatic rings. The SMILES string of the molecule is CC(C)[Si](C#CN(/N=C/c1ccccc1)C(=O)N[C@@H](Cc1ccccc1)C(=O)OC(C)(C)C)(C(C)C)C(C)C. The first-order valence-electron chi connectivity index (χ1n) is 13.8. The number of ether oxygens (including phenoxy) is 1. The van der Waals surface area contributed by atoms with E-state index in [0.717, 1.165) is 16.1 Å². The van der Waals surface area contributed by atoms with Gasteiger partial charge in [0, 0.05) is 12.5 Å². The Kier molecular flexibility index (Phi) is 11.5. The summed E-state index contributed by atoms with van der Waals surface area (Å²) in [7, 11) is -2.15. The zero-order valence-corrected chi connectivity index (χ0v) is 26.0. The number of nitrogens with one attached hydrogen (secondary N) is 1. The maximum Gasteiger partial charge on any atom is 0.350 e. The Morgan fingerprint density at radius 2 is 1.44 bits per heavy atom. The molecule has 39 heavy (non-hydrogen) atoms. The van der Waals surface area contributed by atoms with Crippen LogP contribution in [-0.4, -0.2) is 42.9 Å². The maximum absolute atomic E-state index is 13.7. The lowest BCUT2D eigenvalue weighted by Crippen LogP contribution is -2.49. The second-order valence-electron chi connectivity index (χ2n) is 11.8. The van der Waals surface area contributed by atoms with Gasteiger partial charge in [0.1, 0.15) is 19.7 Å². The number of hydrogen-bond donors (Lipinski definition) is 1. The van der Waals surface area contributed by atoms with E-state index in [1.54, 1.807) is 6.21 Å². The summed E-state index contributed by atoms with van der Waals surface area (Å²) in [6.07, 6.45) is 1.89. The Hall–Kier alpha value is -3.37. The van der Waals surface area contributed by atoms with Gasteiger partial charge in [0.15, 0.2) is 0 Å². The second kappa shape index (κ2) is 14.1. The third kappa shape index (κ3) is 9.40. The van der Waals surface area contributed by atoms with E-state index in [1.165, 1.54) is 0 Å². The Morgan fingerprint density at radius 3 is 1.92 bits per heavy atom. The molecule has 2 aromatic carbocycles. The number of rotatable bonds is 9. The van der Waals surface area contributed by atoms with Crippen LogP contribution in [0.3, 0.4) is 0 Å². The van der Waals surface area contributed by atoms with Crippen LogP contribution in [0.1, 0.15) is 73.4 Å². The number of esters is 1. The first-order chi connectivity index (χ1) is 18.3. The van der Waals surface area contributed by atoms with Gasteiger partial charge in [-0.2, -0.15) is 5.10 Å². The number of carbonyl (C=O) groups is 2. The van der Waals surface area contributed by atoms with Gasteiger partial charge in [-0.15, -0.1) is 10.6 Å². The zero-order chi connectivity index (χ0) is 29.2. The zero-order valence-electron chi connectivity index (χ0n) is 25.0. The minimum absolute atomic E-state index is 0.286. The highest BCUT2D eigenvalue weighted by atomic mass is 28.3. The van der Waals surface area contributed by atoms with Gasteiger partial charge in [-0.05, 0) is 48.5 Å². The molecule has 0 aliphatic heterocycles. The molecular weight excluding hydrogens is 502 g/mol. The molecule has 2 amide bonds. The number of hydrogen-bond acceptors (Lipinski definition) is 4. The Balaban J connectivity index is 2.49. The molecule has 0 saturated carbocycles. The number of hydrazone groups is 1. The summed E-state index contributed by atoms with van der Waals surface area (Å²) in [6.45, 7) is 18.7. The molecule has 1 N–H and O–H groups in total. The summed E-state index contributed by atoms with van der Waals surface area (Å²) in [6, 6.07) is 20.7. The molecular formula is C32H45N3O3Si. The van der Waals surface area contributed by atoms with Gasteiger partial charge in [-0.1, -0.05) is 102 Å². The highest BCUT2D eigenvalue weighted by Crippen LogP contribution is 2.40. The van der Waals surface area contributed by atoms with Crippen molar-refractivity contribution in [3.63, 3.8) is 0 Å². The van der Waals surface area contributed by atoms with Gasteiger partial charge >= 0.3 is 12.0 Å². The van der Waals surface area contributed by atoms with Gasteiger partial charge < -0.3 is 10.1 Å². The lowest BCUT2D eigenvalue weighted by Gasteiger charge is -2.38. The molecule has 0 spiro atoms. The van der Waals surface area contributed by atoms with E-state index in [9.17, 15) is 9.59 Å². The van der Waals surface area contributed by atoms with Gasteiger partial charge in [0.05, 0.1) is 6.21 Å². The van der Waals surface area contributed by atoms with Crippen molar-refractivity contribution >= 4 is 26.3 Å². The maximum atomic E-state index is 13.7. The van der Waals surface area contributed by atoms with Crippen molar-refractivity contribution < 1.29 is 14.3 Å². The molecule has 0 heterocycles. The topological polar surface area (TPSA) is 71.0 Å². The lowest BCUT2D eigenvalue weighted by molar-refractivity contribution is -0.157. The molecule has 0 bridgehead atoms. The van der Waals surface area contributed by atoms with E-state index in [2.05, 4.69) is 63.5 Å². The molecule has 7 heteroatoms. The lowest BCUT2D eigenvalue weighted by atomic mass is 10.1. The Bertz CT molecular complexity index is 1140. The Morgan fingerprint density at radius 1 is 0.923 bits per heavy atom. The van der Waals surface area contributed by atoms with Crippen molar-refractivity contribution in [3.05, 3.63) is 71.8 Å². The minimum atomic E-state index is -2.15. The van der Waals surface area contributed by atoms with Gasteiger partial charge in [0.2, 0.25) is 0 Å². The van der Waals surface area contributed by atoms with Crippen LogP contribution in [0.25, 0.3) is 0 Å². The monoisotopic (exact) mass is 547 g/mol. The van der Waals surface area contributed by atoms with Gasteiger partial charge in [-0.25, -0.2) is 9.59 Å². The van der Waals surface area contributed by atoms with E-state index in [-0.39, 0.29) is 6.42 Å². The van der Waals surface area contributed by atoms with Crippen molar-refractivity contribution in [2.75, 3.05) is 0 Å². The van der Waals surface area contributed by atoms with E-state index in [0.29, 0.717) is 16.6 Å². The fraction of sp³-hybridized carbons (Fsp3) is 0.469. The number of nitrogens with zero attached hydrogens (tertiary/aromatic N) is 2. The largest absolute Gasteiger partial charge is 0.458 e. The molecule has 210 valence electrons. The second-order valence-corrected chi connectivity index (χ2v) is 17.4. The summed E-state index contributed by atoms with van der Waals surface area (Å²) in [4.78, 5) is 26.8. The van der Waals surface area contributed by atoms with E-state index < -0.39 is 31.7 Å². The number of urea groups is 1. The summed E-state index contributed by atoms with van der Waals surface area (Å²) in [5.74, 6) is -0.505. The molecule has 6 nitrogen and oxygen atoms in total. The highest BCUT2D eigenvalue weighted by molar-refractivity contribution is 6.90. The fourth-order valence-electron chi connectivity index (χ4n) is 5.00. The molecule has 0 radical (unpaired) electrons. The fourth-order valence-corrected chi connectivity index (χ4v) is 10.2. The van der Waals surface area contributed by atoms with Crippen LogP contribution >= 0.6 is 0 Å². The standard InChI is InChI=1S/C32H45N3O3Si/c1-24(2)39(25(3)4,26(5)6)21-20-35(33-23-28-18-14-11-15-19-28)31(37)34-29(30(36)38-32(7,8)9)22-27-16-12-10-13-17-27/h10-19,23-26,29H,22H2,1-9H3,(H,34,37)/b33-23+/t29-/m0/s1. The van der Waals surface area contributed by atoms with Crippen molar-refractivity contribution in [2.45, 2.75) is 97.0 Å². The summed E-state index contributed by atoms with van der Waals surface area (Å²) in [5.41, 5.74) is 5.78. The molecule has 2 rings (SSSR count). The number of amides is 2. The Labute approximate surface area is 236 Å². The first-order valence-corrected chi connectivity index (χ1v) is 16.0. The molecule has 0 aromatic heterocycles. The molecule has 0 fully saturated rings. The van der Waals surface area contributed by atoms with Gasteiger partial charge in [0.25, 0.3) is 0 Å². The van der Waals surface area contributed by atoms with Crippen LogP contribution in [-0.2, 0) is 16.0 Å². The van der Waals surface area contributed by atoms with Crippen LogP contribution in [0, 0.1) is 11.6 Å². The number of benzene rings is 2. The molecule has 0 unspecified atom stereocenters. The van der Waals surface area contributed by atoms with Crippen LogP contribution < -0.4 is 5.32 Å². The van der Waals surface area contributed by atoms with Crippen LogP contribution in [0.15, 0.2) is 65.8 Å².